The molecule has 5 rings (SSSR count). The number of hydrogen-bond acceptors (Lipinski definition) is 6. The van der Waals surface area contributed by atoms with Gasteiger partial charge in [-0.05, 0) is 84.8 Å². The standard InChI is InChI=1S/C32H24F7N3O4S/c1-15-4-5-18(28(43)44)11-22(15)23-10-17(6-7-25(23)33)24-13-40-29(47-3)41-26(24)14-42-16(2)27(46-30(42)45)19-8-20(31(34,35)36)12-21(9-19)32(37,38)39/h4-13,16,27H,14H2,1-3H3,(H,43,44)/t16-,27-/m0/s1. The summed E-state index contributed by atoms with van der Waals surface area (Å²) < 4.78 is 102. The highest BCUT2D eigenvalue weighted by Gasteiger charge is 2.43. The minimum atomic E-state index is -5.09. The van der Waals surface area contributed by atoms with Crippen LogP contribution in [-0.4, -0.2) is 44.3 Å². The van der Waals surface area contributed by atoms with Gasteiger partial charge in [0.25, 0.3) is 0 Å². The molecule has 1 amide bonds. The number of aryl methyl sites for hydroxylation is 1. The van der Waals surface area contributed by atoms with Crippen molar-refractivity contribution in [2.45, 2.75) is 50.0 Å². The molecule has 1 N–H and O–H groups in total. The summed E-state index contributed by atoms with van der Waals surface area (Å²) in [6, 6.07) is 8.38. The number of cyclic esters (lactones) is 1. The van der Waals surface area contributed by atoms with Crippen LogP contribution < -0.4 is 0 Å². The third-order valence-corrected chi connectivity index (χ3v) is 8.29. The zero-order chi connectivity index (χ0) is 34.4. The number of amides is 1. The fraction of sp³-hybridized carbons (Fsp3) is 0.250. The summed E-state index contributed by atoms with van der Waals surface area (Å²) in [5.41, 5.74) is -1.62. The predicted octanol–water partition coefficient (Wildman–Crippen LogP) is 8.80. The number of rotatable bonds is 7. The van der Waals surface area contributed by atoms with Crippen LogP contribution in [0.1, 0.15) is 51.3 Å². The molecule has 3 aromatic carbocycles. The molecule has 2 heterocycles. The van der Waals surface area contributed by atoms with Crippen molar-refractivity contribution < 1.29 is 50.2 Å². The number of aromatic nitrogens is 2. The van der Waals surface area contributed by atoms with Crippen molar-refractivity contribution in [3.05, 3.63) is 100 Å². The van der Waals surface area contributed by atoms with E-state index in [2.05, 4.69) is 9.97 Å². The first kappa shape index (κ1) is 33.7. The Kier molecular flexibility index (Phi) is 8.97. The summed E-state index contributed by atoms with van der Waals surface area (Å²) in [7, 11) is 0. The number of carboxylic acids is 1. The molecule has 2 atom stereocenters. The summed E-state index contributed by atoms with van der Waals surface area (Å²) in [5.74, 6) is -1.84. The highest BCUT2D eigenvalue weighted by molar-refractivity contribution is 7.98. The van der Waals surface area contributed by atoms with Crippen LogP contribution in [0.4, 0.5) is 35.5 Å². The molecule has 1 aliphatic rings. The lowest BCUT2D eigenvalue weighted by atomic mass is 9.94. The lowest BCUT2D eigenvalue weighted by Gasteiger charge is -2.23. The molecule has 7 nitrogen and oxygen atoms in total. The normalized spacial score (nSPS) is 16.8. The summed E-state index contributed by atoms with van der Waals surface area (Å²) in [5, 5.41) is 9.74. The van der Waals surface area contributed by atoms with E-state index in [-0.39, 0.29) is 29.4 Å². The van der Waals surface area contributed by atoms with Crippen LogP contribution in [-0.2, 0) is 23.6 Å². The van der Waals surface area contributed by atoms with Crippen LogP contribution in [0.5, 0.6) is 0 Å². The average molecular weight is 680 g/mol. The van der Waals surface area contributed by atoms with E-state index in [9.17, 15) is 41.0 Å². The maximum atomic E-state index is 15.1. The Bertz CT molecular complexity index is 1850. The molecule has 15 heteroatoms. The predicted molar refractivity (Wildman–Crippen MR) is 157 cm³/mol. The first-order valence-corrected chi connectivity index (χ1v) is 15.0. The van der Waals surface area contributed by atoms with Crippen LogP contribution in [0.2, 0.25) is 0 Å². The quantitative estimate of drug-likeness (QED) is 0.119. The van der Waals surface area contributed by atoms with E-state index in [1.54, 1.807) is 19.2 Å². The zero-order valence-corrected chi connectivity index (χ0v) is 25.5. The summed E-state index contributed by atoms with van der Waals surface area (Å²) >= 11 is 1.17. The molecule has 0 aliphatic carbocycles. The van der Waals surface area contributed by atoms with E-state index in [0.717, 1.165) is 4.90 Å². The largest absolute Gasteiger partial charge is 0.478 e. The molecule has 0 radical (unpaired) electrons. The van der Waals surface area contributed by atoms with E-state index in [1.165, 1.54) is 55.2 Å². The maximum absolute atomic E-state index is 15.1. The Labute approximate surface area is 267 Å². The minimum absolute atomic E-state index is 0.00379. The van der Waals surface area contributed by atoms with Crippen molar-refractivity contribution in [2.24, 2.45) is 0 Å². The Hall–Kier alpha value is -4.66. The van der Waals surface area contributed by atoms with E-state index in [4.69, 9.17) is 4.74 Å². The van der Waals surface area contributed by atoms with E-state index < -0.39 is 59.1 Å². The lowest BCUT2D eigenvalue weighted by molar-refractivity contribution is -0.143. The topological polar surface area (TPSA) is 92.6 Å². The third-order valence-electron chi connectivity index (χ3n) is 7.73. The molecule has 4 aromatic rings. The minimum Gasteiger partial charge on any atom is -0.478 e. The number of halogens is 7. The van der Waals surface area contributed by atoms with Crippen molar-refractivity contribution in [3.8, 4) is 22.3 Å². The number of alkyl halides is 6. The molecule has 0 unspecified atom stereocenters. The number of nitrogens with zero attached hydrogens (tertiary/aromatic N) is 3. The molecule has 1 saturated heterocycles. The van der Waals surface area contributed by atoms with Gasteiger partial charge in [0.05, 0.1) is 35.0 Å². The van der Waals surface area contributed by atoms with Gasteiger partial charge in [-0.3, -0.25) is 4.90 Å². The number of ether oxygens (including phenoxy) is 1. The molecule has 47 heavy (non-hydrogen) atoms. The molecule has 0 saturated carbocycles. The van der Waals surface area contributed by atoms with Gasteiger partial charge in [0.1, 0.15) is 11.9 Å². The molecule has 1 aromatic heterocycles. The van der Waals surface area contributed by atoms with Gasteiger partial charge in [-0.1, -0.05) is 23.9 Å². The molecular formula is C32H24F7N3O4S. The molecule has 0 bridgehead atoms. The Morgan fingerprint density at radius 1 is 0.957 bits per heavy atom. The SMILES string of the molecule is CSc1ncc(-c2ccc(F)c(-c3cc(C(=O)O)ccc3C)c2)c(CN2C(=O)O[C@H](c3cc(C(F)(F)F)cc(C(F)(F)F)c3)[C@@H]2C)n1. The number of thioether (sulfide) groups is 1. The molecule has 246 valence electrons. The third kappa shape index (κ3) is 6.89. The number of carboxylic acid groups (broad SMARTS) is 1. The van der Waals surface area contributed by atoms with Gasteiger partial charge in [-0.2, -0.15) is 26.3 Å². The maximum Gasteiger partial charge on any atom is 0.416 e. The number of carbonyl (C=O) groups is 2. The highest BCUT2D eigenvalue weighted by atomic mass is 32.2. The second-order valence-corrected chi connectivity index (χ2v) is 11.5. The number of hydrogen-bond donors (Lipinski definition) is 1. The first-order valence-electron chi connectivity index (χ1n) is 13.8. The Balaban J connectivity index is 1.54. The summed E-state index contributed by atoms with van der Waals surface area (Å²) in [6.45, 7) is 2.83. The van der Waals surface area contributed by atoms with E-state index in [1.807, 2.05) is 0 Å². The second-order valence-electron chi connectivity index (χ2n) is 10.8. The van der Waals surface area contributed by atoms with Crippen LogP contribution in [0.3, 0.4) is 0 Å². The van der Waals surface area contributed by atoms with Crippen LogP contribution in [0.15, 0.2) is 66.0 Å². The number of benzene rings is 3. The highest BCUT2D eigenvalue weighted by Crippen LogP contribution is 2.42. The number of aromatic carboxylic acids is 1. The van der Waals surface area contributed by atoms with Crippen LogP contribution in [0, 0.1) is 12.7 Å². The molecular weight excluding hydrogens is 655 g/mol. The summed E-state index contributed by atoms with van der Waals surface area (Å²) in [4.78, 5) is 34.5. The van der Waals surface area contributed by atoms with Crippen molar-refractivity contribution in [3.63, 3.8) is 0 Å². The Morgan fingerprint density at radius 2 is 1.62 bits per heavy atom. The second kappa shape index (κ2) is 12.5. The van der Waals surface area contributed by atoms with Gasteiger partial charge in [-0.25, -0.2) is 23.9 Å². The van der Waals surface area contributed by atoms with E-state index in [0.29, 0.717) is 39.5 Å². The van der Waals surface area contributed by atoms with Gasteiger partial charge < -0.3 is 9.84 Å². The van der Waals surface area contributed by atoms with Crippen molar-refractivity contribution in [2.75, 3.05) is 6.26 Å². The van der Waals surface area contributed by atoms with Gasteiger partial charge in [-0.15, -0.1) is 0 Å². The van der Waals surface area contributed by atoms with Crippen molar-refractivity contribution in [1.29, 1.82) is 0 Å². The Morgan fingerprint density at radius 3 is 2.21 bits per heavy atom. The molecule has 0 spiro atoms. The number of carbonyl (C=O) groups excluding carboxylic acids is 1. The molecule has 1 fully saturated rings. The van der Waals surface area contributed by atoms with Crippen molar-refractivity contribution in [1.82, 2.24) is 14.9 Å². The van der Waals surface area contributed by atoms with Gasteiger partial charge in [0.15, 0.2) is 5.16 Å². The molecule has 1 aliphatic heterocycles. The van der Waals surface area contributed by atoms with Crippen LogP contribution >= 0.6 is 11.8 Å². The summed E-state index contributed by atoms with van der Waals surface area (Å²) in [6.07, 6.45) is -9.51. The van der Waals surface area contributed by atoms with Gasteiger partial charge in [0.2, 0.25) is 0 Å². The fourth-order valence-corrected chi connectivity index (χ4v) is 5.63. The lowest BCUT2D eigenvalue weighted by Crippen LogP contribution is -2.32. The zero-order valence-electron chi connectivity index (χ0n) is 24.7. The monoisotopic (exact) mass is 679 g/mol. The van der Waals surface area contributed by atoms with Crippen LogP contribution in [0.25, 0.3) is 22.3 Å². The van der Waals surface area contributed by atoms with Gasteiger partial charge >= 0.3 is 24.4 Å². The first-order chi connectivity index (χ1) is 22.0. The van der Waals surface area contributed by atoms with Gasteiger partial charge in [0, 0.05) is 17.3 Å². The smallest absolute Gasteiger partial charge is 0.416 e. The fourth-order valence-electron chi connectivity index (χ4n) is 5.27. The average Bonchev–Trinajstić information content (AvgIpc) is 3.29. The van der Waals surface area contributed by atoms with Crippen molar-refractivity contribution >= 4 is 23.8 Å². The van der Waals surface area contributed by atoms with E-state index >= 15 is 4.39 Å².